The summed E-state index contributed by atoms with van der Waals surface area (Å²) in [4.78, 5) is 10.8. The van der Waals surface area contributed by atoms with Crippen molar-refractivity contribution < 1.29 is 9.47 Å². The highest BCUT2D eigenvalue weighted by molar-refractivity contribution is 7.05. The van der Waals surface area contributed by atoms with Crippen molar-refractivity contribution in [2.45, 2.75) is 33.2 Å². The minimum Gasteiger partial charge on any atom is -0.454 e. The lowest BCUT2D eigenvalue weighted by Crippen LogP contribution is -2.14. The maximum absolute atomic E-state index is 5.54. The minimum atomic E-state index is 0.242. The number of aromatic nitrogens is 4. The number of nitrogens with one attached hydrogen (secondary N) is 1. The smallest absolute Gasteiger partial charge is 0.231 e. The first kappa shape index (κ1) is 17.9. The highest BCUT2D eigenvalue weighted by Crippen LogP contribution is 2.35. The van der Waals surface area contributed by atoms with Gasteiger partial charge in [-0.1, -0.05) is 0 Å². The molecule has 1 aromatic carbocycles. The van der Waals surface area contributed by atoms with Crippen LogP contribution < -0.4 is 14.8 Å². The van der Waals surface area contributed by atoms with E-state index in [1.54, 1.807) is 0 Å². The Kier molecular flexibility index (Phi) is 4.35. The lowest BCUT2D eigenvalue weighted by molar-refractivity contribution is 0.174. The van der Waals surface area contributed by atoms with Gasteiger partial charge in [-0.2, -0.15) is 4.37 Å². The summed E-state index contributed by atoms with van der Waals surface area (Å²) in [5, 5.41) is 3.49. The van der Waals surface area contributed by atoms with Gasteiger partial charge in [-0.15, -0.1) is 0 Å². The summed E-state index contributed by atoms with van der Waals surface area (Å²) in [5.41, 5.74) is 3.85. The number of ether oxygens (including phenoxy) is 2. The molecule has 4 aromatic rings. The number of rotatable bonds is 5. The van der Waals surface area contributed by atoms with E-state index in [2.05, 4.69) is 34.2 Å². The molecule has 0 spiro atoms. The molecule has 0 amide bonds. The van der Waals surface area contributed by atoms with Crippen LogP contribution in [0.15, 0.2) is 36.5 Å². The van der Waals surface area contributed by atoms with Crippen molar-refractivity contribution in [3.8, 4) is 17.2 Å². The molecular weight excluding hydrogens is 386 g/mol. The Bertz CT molecular complexity index is 1200. The summed E-state index contributed by atoms with van der Waals surface area (Å²) in [7, 11) is 0. The molecule has 3 aromatic heterocycles. The summed E-state index contributed by atoms with van der Waals surface area (Å²) in [6.45, 7) is 6.47. The van der Waals surface area contributed by atoms with E-state index >= 15 is 0 Å². The highest BCUT2D eigenvalue weighted by atomic mass is 32.1. The number of fused-ring (bicyclic) bond motifs is 2. The summed E-state index contributed by atoms with van der Waals surface area (Å²) < 4.78 is 17.4. The van der Waals surface area contributed by atoms with Crippen LogP contribution in [0.4, 0.5) is 5.82 Å². The topological polar surface area (TPSA) is 74.1 Å². The molecule has 1 N–H and O–H groups in total. The van der Waals surface area contributed by atoms with Gasteiger partial charge in [0.2, 0.25) is 6.79 Å². The lowest BCUT2D eigenvalue weighted by Gasteiger charge is -2.14. The van der Waals surface area contributed by atoms with Gasteiger partial charge in [-0.3, -0.25) is 0 Å². The van der Waals surface area contributed by atoms with Crippen LogP contribution in [0.5, 0.6) is 11.5 Å². The molecule has 0 saturated heterocycles. The monoisotopic (exact) mass is 407 g/mol. The number of benzene rings is 1. The van der Waals surface area contributed by atoms with Crippen LogP contribution in [0.1, 0.15) is 30.2 Å². The second-order valence-electron chi connectivity index (χ2n) is 7.36. The Morgan fingerprint density at radius 3 is 2.79 bits per heavy atom. The number of hydrogen-bond donors (Lipinski definition) is 1. The standard InChI is InChI=1S/C21H21N5O2S/c1-12(2)22-21-20-16(23-19(24-21)10-15-8-13(3)25-29-15)6-7-26(20)14-4-5-17-18(9-14)28-11-27-17/h4-9,12H,10-11H2,1-3H3,(H,22,23,24). The molecule has 5 rings (SSSR count). The van der Waals surface area contributed by atoms with Crippen molar-refractivity contribution in [2.24, 2.45) is 0 Å². The molecule has 0 unspecified atom stereocenters. The summed E-state index contributed by atoms with van der Waals surface area (Å²) in [6.07, 6.45) is 2.69. The van der Waals surface area contributed by atoms with Crippen molar-refractivity contribution in [3.05, 3.63) is 52.9 Å². The van der Waals surface area contributed by atoms with Crippen LogP contribution in [0.3, 0.4) is 0 Å². The average Bonchev–Trinajstić information content (AvgIpc) is 3.40. The molecule has 29 heavy (non-hydrogen) atoms. The van der Waals surface area contributed by atoms with Gasteiger partial charge in [0.05, 0.1) is 11.2 Å². The normalized spacial score (nSPS) is 12.8. The molecular formula is C21H21N5O2S. The minimum absolute atomic E-state index is 0.242. The van der Waals surface area contributed by atoms with Crippen molar-refractivity contribution in [1.82, 2.24) is 18.9 Å². The number of nitrogens with zero attached hydrogens (tertiary/aromatic N) is 4. The van der Waals surface area contributed by atoms with Crippen molar-refractivity contribution in [1.29, 1.82) is 0 Å². The first-order chi connectivity index (χ1) is 14.1. The number of anilines is 1. The summed E-state index contributed by atoms with van der Waals surface area (Å²) in [6, 6.07) is 10.3. The lowest BCUT2D eigenvalue weighted by atomic mass is 10.2. The third-order valence-electron chi connectivity index (χ3n) is 4.65. The van der Waals surface area contributed by atoms with Gasteiger partial charge in [0.15, 0.2) is 17.3 Å². The van der Waals surface area contributed by atoms with E-state index in [0.717, 1.165) is 50.4 Å². The largest absolute Gasteiger partial charge is 0.454 e. The third-order valence-corrected chi connectivity index (χ3v) is 5.52. The molecule has 1 aliphatic heterocycles. The predicted octanol–water partition coefficient (Wildman–Crippen LogP) is 4.33. The van der Waals surface area contributed by atoms with Crippen molar-refractivity contribution >= 4 is 28.4 Å². The fourth-order valence-electron chi connectivity index (χ4n) is 3.45. The van der Waals surface area contributed by atoms with E-state index in [1.165, 1.54) is 11.5 Å². The molecule has 4 heterocycles. The number of hydrogen-bond acceptors (Lipinski definition) is 7. The fraction of sp³-hybridized carbons (Fsp3) is 0.286. The van der Waals surface area contributed by atoms with Crippen LogP contribution in [-0.4, -0.2) is 31.7 Å². The van der Waals surface area contributed by atoms with Gasteiger partial charge >= 0.3 is 0 Å². The molecule has 7 nitrogen and oxygen atoms in total. The van der Waals surface area contributed by atoms with E-state index < -0.39 is 0 Å². The van der Waals surface area contributed by atoms with Crippen LogP contribution in [0.2, 0.25) is 0 Å². The Balaban J connectivity index is 1.61. The molecule has 0 bridgehead atoms. The molecule has 1 aliphatic rings. The average molecular weight is 407 g/mol. The van der Waals surface area contributed by atoms with Gasteiger partial charge in [-0.05, 0) is 56.6 Å². The predicted molar refractivity (Wildman–Crippen MR) is 113 cm³/mol. The third kappa shape index (κ3) is 3.40. The molecule has 8 heteroatoms. The van der Waals surface area contributed by atoms with Gasteiger partial charge in [0, 0.05) is 35.3 Å². The Morgan fingerprint density at radius 1 is 1.14 bits per heavy atom. The van der Waals surface area contributed by atoms with Crippen LogP contribution in [-0.2, 0) is 6.42 Å². The van der Waals surface area contributed by atoms with E-state index in [0.29, 0.717) is 6.42 Å². The van der Waals surface area contributed by atoms with Crippen molar-refractivity contribution in [3.63, 3.8) is 0 Å². The zero-order valence-electron chi connectivity index (χ0n) is 16.5. The molecule has 0 fully saturated rings. The quantitative estimate of drug-likeness (QED) is 0.531. The van der Waals surface area contributed by atoms with Gasteiger partial charge in [-0.25, -0.2) is 9.97 Å². The van der Waals surface area contributed by atoms with Crippen LogP contribution in [0.25, 0.3) is 16.7 Å². The maximum Gasteiger partial charge on any atom is 0.231 e. The van der Waals surface area contributed by atoms with E-state index in [1.807, 2.05) is 37.4 Å². The first-order valence-electron chi connectivity index (χ1n) is 9.53. The molecule has 0 atom stereocenters. The van der Waals surface area contributed by atoms with Crippen molar-refractivity contribution in [2.75, 3.05) is 12.1 Å². The van der Waals surface area contributed by atoms with E-state index in [-0.39, 0.29) is 12.8 Å². The highest BCUT2D eigenvalue weighted by Gasteiger charge is 2.18. The zero-order chi connectivity index (χ0) is 20.0. The molecule has 0 saturated carbocycles. The van der Waals surface area contributed by atoms with Gasteiger partial charge < -0.3 is 19.4 Å². The van der Waals surface area contributed by atoms with E-state index in [9.17, 15) is 0 Å². The summed E-state index contributed by atoms with van der Waals surface area (Å²) in [5.74, 6) is 3.13. The van der Waals surface area contributed by atoms with Crippen LogP contribution >= 0.6 is 11.5 Å². The maximum atomic E-state index is 5.54. The molecule has 148 valence electrons. The Hall–Kier alpha value is -3.13. The molecule has 0 radical (unpaired) electrons. The number of aryl methyl sites for hydroxylation is 1. The molecule has 0 aliphatic carbocycles. The second-order valence-corrected chi connectivity index (χ2v) is 8.25. The fourth-order valence-corrected chi connectivity index (χ4v) is 4.18. The zero-order valence-corrected chi connectivity index (χ0v) is 17.3. The SMILES string of the molecule is Cc1cc(Cc2nc(NC(C)C)c3c(ccn3-c3ccc4c(c3)OCO4)n2)sn1. The first-order valence-corrected chi connectivity index (χ1v) is 10.3. The van der Waals surface area contributed by atoms with Gasteiger partial charge in [0.25, 0.3) is 0 Å². The second kappa shape index (κ2) is 7.04. The van der Waals surface area contributed by atoms with E-state index in [4.69, 9.17) is 19.4 Å². The Morgan fingerprint density at radius 2 is 2.00 bits per heavy atom. The van der Waals surface area contributed by atoms with Crippen LogP contribution in [0, 0.1) is 6.92 Å². The summed E-state index contributed by atoms with van der Waals surface area (Å²) >= 11 is 1.50. The van der Waals surface area contributed by atoms with Gasteiger partial charge in [0.1, 0.15) is 11.3 Å². The Labute approximate surface area is 172 Å².